The van der Waals surface area contributed by atoms with Crippen LogP contribution < -0.4 is 5.32 Å². The van der Waals surface area contributed by atoms with Gasteiger partial charge in [0, 0.05) is 24.4 Å². The van der Waals surface area contributed by atoms with E-state index in [4.69, 9.17) is 0 Å². The predicted octanol–water partition coefficient (Wildman–Crippen LogP) is 1.30. The molecule has 1 saturated heterocycles. The van der Waals surface area contributed by atoms with E-state index in [1.165, 1.54) is 18.6 Å². The van der Waals surface area contributed by atoms with Crippen molar-refractivity contribution in [3.05, 3.63) is 29.8 Å². The number of benzene rings is 1. The minimum Gasteiger partial charge on any atom is -0.350 e. The third kappa shape index (κ3) is 4.04. The smallest absolute Gasteiger partial charge is 0.251 e. The molecule has 1 fully saturated rings. The Hall–Kier alpha value is -1.40. The van der Waals surface area contributed by atoms with Crippen LogP contribution in [0.1, 0.15) is 30.1 Å². The van der Waals surface area contributed by atoms with E-state index in [1.807, 2.05) is 0 Å². The fraction of sp³-hybridized carbons (Fsp3) is 0.533. The Labute approximate surface area is 126 Å². The molecular formula is C15H22N2O3S. The van der Waals surface area contributed by atoms with Crippen LogP contribution in [0.5, 0.6) is 0 Å². The molecule has 116 valence electrons. The van der Waals surface area contributed by atoms with Crippen LogP contribution in [0.3, 0.4) is 0 Å². The minimum atomic E-state index is -3.22. The maximum atomic E-state index is 12.1. The van der Waals surface area contributed by atoms with Crippen LogP contribution >= 0.6 is 0 Å². The predicted molar refractivity (Wildman–Crippen MR) is 82.2 cm³/mol. The van der Waals surface area contributed by atoms with E-state index in [2.05, 4.69) is 17.1 Å². The lowest BCUT2D eigenvalue weighted by atomic mass is 10.2. The second-order valence-corrected chi connectivity index (χ2v) is 7.45. The summed E-state index contributed by atoms with van der Waals surface area (Å²) in [7, 11) is -3.22. The molecule has 1 aliphatic heterocycles. The summed E-state index contributed by atoms with van der Waals surface area (Å²) in [5.41, 5.74) is 0.489. The van der Waals surface area contributed by atoms with Crippen molar-refractivity contribution < 1.29 is 13.2 Å². The summed E-state index contributed by atoms with van der Waals surface area (Å²) >= 11 is 0. The average molecular weight is 310 g/mol. The van der Waals surface area contributed by atoms with E-state index in [0.717, 1.165) is 25.8 Å². The summed E-state index contributed by atoms with van der Waals surface area (Å²) in [5.74, 6) is -0.155. The molecule has 0 spiro atoms. The first-order valence-corrected chi connectivity index (χ1v) is 9.13. The van der Waals surface area contributed by atoms with Crippen molar-refractivity contribution in [3.63, 3.8) is 0 Å². The summed E-state index contributed by atoms with van der Waals surface area (Å²) in [4.78, 5) is 14.7. The van der Waals surface area contributed by atoms with Crippen LogP contribution in [0.4, 0.5) is 0 Å². The van der Waals surface area contributed by atoms with Crippen molar-refractivity contribution in [2.45, 2.75) is 30.7 Å². The van der Waals surface area contributed by atoms with Crippen LogP contribution in [-0.2, 0) is 9.84 Å². The Morgan fingerprint density at radius 2 is 2.00 bits per heavy atom. The molecule has 1 aliphatic rings. The van der Waals surface area contributed by atoms with Gasteiger partial charge in [-0.3, -0.25) is 9.69 Å². The van der Waals surface area contributed by atoms with Gasteiger partial charge in [-0.25, -0.2) is 8.42 Å². The Morgan fingerprint density at radius 3 is 2.57 bits per heavy atom. The van der Waals surface area contributed by atoms with Gasteiger partial charge in [0.05, 0.1) is 4.90 Å². The first kappa shape index (κ1) is 16.0. The molecule has 0 saturated carbocycles. The number of hydrogen-bond acceptors (Lipinski definition) is 4. The molecule has 1 aromatic carbocycles. The Morgan fingerprint density at radius 1 is 1.33 bits per heavy atom. The zero-order chi connectivity index (χ0) is 15.5. The van der Waals surface area contributed by atoms with Crippen LogP contribution in [-0.4, -0.2) is 51.2 Å². The largest absolute Gasteiger partial charge is 0.350 e. The van der Waals surface area contributed by atoms with Crippen molar-refractivity contribution in [3.8, 4) is 0 Å². The monoisotopic (exact) mass is 310 g/mol. The Bertz CT molecular complexity index is 596. The van der Waals surface area contributed by atoms with Gasteiger partial charge in [0.2, 0.25) is 0 Å². The van der Waals surface area contributed by atoms with Crippen LogP contribution in [0.15, 0.2) is 29.2 Å². The number of carbonyl (C=O) groups is 1. The summed E-state index contributed by atoms with van der Waals surface area (Å²) < 4.78 is 22.8. The van der Waals surface area contributed by atoms with Crippen LogP contribution in [0, 0.1) is 0 Å². The molecule has 0 aliphatic carbocycles. The zero-order valence-electron chi connectivity index (χ0n) is 12.5. The summed E-state index contributed by atoms with van der Waals surface area (Å²) in [6, 6.07) is 6.46. The van der Waals surface area contributed by atoms with Crippen molar-refractivity contribution in [1.82, 2.24) is 10.2 Å². The van der Waals surface area contributed by atoms with E-state index in [0.29, 0.717) is 18.2 Å². The van der Waals surface area contributed by atoms with Gasteiger partial charge >= 0.3 is 0 Å². The highest BCUT2D eigenvalue weighted by molar-refractivity contribution is 7.90. The molecule has 5 nitrogen and oxygen atoms in total. The van der Waals surface area contributed by atoms with Gasteiger partial charge in [0.25, 0.3) is 5.91 Å². The van der Waals surface area contributed by atoms with E-state index in [1.54, 1.807) is 12.1 Å². The fourth-order valence-corrected chi connectivity index (χ4v) is 3.34. The molecule has 0 radical (unpaired) electrons. The number of nitrogens with one attached hydrogen (secondary N) is 1. The van der Waals surface area contributed by atoms with Crippen molar-refractivity contribution in [2.75, 3.05) is 25.9 Å². The highest BCUT2D eigenvalue weighted by atomic mass is 32.2. The van der Waals surface area contributed by atoms with Gasteiger partial charge in [-0.2, -0.15) is 0 Å². The van der Waals surface area contributed by atoms with E-state index < -0.39 is 9.84 Å². The van der Waals surface area contributed by atoms with E-state index in [-0.39, 0.29) is 10.8 Å². The Balaban J connectivity index is 1.94. The molecule has 1 aromatic rings. The molecule has 0 unspecified atom stereocenters. The lowest BCUT2D eigenvalue weighted by molar-refractivity contribution is 0.0941. The second kappa shape index (κ2) is 6.58. The summed E-state index contributed by atoms with van der Waals surface area (Å²) in [5, 5.41) is 2.93. The maximum Gasteiger partial charge on any atom is 0.251 e. The van der Waals surface area contributed by atoms with Gasteiger partial charge in [-0.1, -0.05) is 6.92 Å². The summed E-state index contributed by atoms with van der Waals surface area (Å²) in [6.07, 6.45) is 3.44. The number of rotatable bonds is 5. The molecule has 0 bridgehead atoms. The fourth-order valence-electron chi connectivity index (χ4n) is 2.71. The van der Waals surface area contributed by atoms with Gasteiger partial charge in [0.15, 0.2) is 9.84 Å². The molecule has 6 heteroatoms. The van der Waals surface area contributed by atoms with Gasteiger partial charge < -0.3 is 5.32 Å². The quantitative estimate of drug-likeness (QED) is 0.890. The third-order valence-electron chi connectivity index (χ3n) is 3.95. The van der Waals surface area contributed by atoms with E-state index >= 15 is 0 Å². The van der Waals surface area contributed by atoms with Crippen LogP contribution in [0.25, 0.3) is 0 Å². The standard InChI is InChI=1S/C15H22N2O3S/c1-3-17-10-4-5-13(17)11-16-15(18)12-6-8-14(9-7-12)21(2,19)20/h6-9,13H,3-5,10-11H2,1-2H3,(H,16,18)/t13-/m1/s1. The lowest BCUT2D eigenvalue weighted by Crippen LogP contribution is -2.40. The average Bonchev–Trinajstić information content (AvgIpc) is 2.91. The molecule has 2 rings (SSSR count). The van der Waals surface area contributed by atoms with E-state index in [9.17, 15) is 13.2 Å². The lowest BCUT2D eigenvalue weighted by Gasteiger charge is -2.22. The van der Waals surface area contributed by atoms with Crippen molar-refractivity contribution >= 4 is 15.7 Å². The molecule has 1 heterocycles. The van der Waals surface area contributed by atoms with Gasteiger partial charge in [-0.05, 0) is 50.2 Å². The number of amides is 1. The number of sulfone groups is 1. The highest BCUT2D eigenvalue weighted by Crippen LogP contribution is 2.16. The molecule has 1 amide bonds. The SMILES string of the molecule is CCN1CCC[C@@H]1CNC(=O)c1ccc(S(C)(=O)=O)cc1. The number of hydrogen-bond donors (Lipinski definition) is 1. The Kier molecular flexibility index (Phi) is 5.00. The first-order valence-electron chi connectivity index (χ1n) is 7.24. The summed E-state index contributed by atoms with van der Waals surface area (Å²) in [6.45, 7) is 4.87. The molecule has 21 heavy (non-hydrogen) atoms. The maximum absolute atomic E-state index is 12.1. The zero-order valence-corrected chi connectivity index (χ0v) is 13.3. The van der Waals surface area contributed by atoms with Gasteiger partial charge in [-0.15, -0.1) is 0 Å². The van der Waals surface area contributed by atoms with Crippen LogP contribution in [0.2, 0.25) is 0 Å². The number of likely N-dealkylation sites (N-methyl/N-ethyl adjacent to an activating group) is 1. The number of carbonyl (C=O) groups excluding carboxylic acids is 1. The van der Waals surface area contributed by atoms with Crippen molar-refractivity contribution in [2.24, 2.45) is 0 Å². The highest BCUT2D eigenvalue weighted by Gasteiger charge is 2.23. The normalized spacial score (nSPS) is 19.6. The minimum absolute atomic E-state index is 0.155. The second-order valence-electron chi connectivity index (χ2n) is 5.43. The number of nitrogens with zero attached hydrogens (tertiary/aromatic N) is 1. The number of likely N-dealkylation sites (tertiary alicyclic amines) is 1. The molecule has 0 aromatic heterocycles. The third-order valence-corrected chi connectivity index (χ3v) is 5.08. The molecule has 1 N–H and O–H groups in total. The molecule has 1 atom stereocenters. The topological polar surface area (TPSA) is 66.5 Å². The molecular weight excluding hydrogens is 288 g/mol. The van der Waals surface area contributed by atoms with Crippen molar-refractivity contribution in [1.29, 1.82) is 0 Å². The van der Waals surface area contributed by atoms with Gasteiger partial charge in [0.1, 0.15) is 0 Å². The first-order chi connectivity index (χ1) is 9.91.